The maximum absolute atomic E-state index is 11.6. The van der Waals surface area contributed by atoms with E-state index in [2.05, 4.69) is 6.58 Å². The van der Waals surface area contributed by atoms with Crippen LogP contribution in [0.1, 0.15) is 23.7 Å². The number of rotatable bonds is 5. The fourth-order valence-corrected chi connectivity index (χ4v) is 1.30. The Balaban J connectivity index is 2.54. The van der Waals surface area contributed by atoms with Gasteiger partial charge in [0, 0.05) is 26.2 Å². The molecule has 0 bridgehead atoms. The number of anilines is 1. The summed E-state index contributed by atoms with van der Waals surface area (Å²) in [6, 6.07) is 7.35. The zero-order chi connectivity index (χ0) is 12.8. The second kappa shape index (κ2) is 6.09. The molecule has 0 aliphatic heterocycles. The van der Waals surface area contributed by atoms with E-state index in [9.17, 15) is 4.79 Å². The van der Waals surface area contributed by atoms with Gasteiger partial charge in [-0.15, -0.1) is 6.58 Å². The second-order valence-corrected chi connectivity index (χ2v) is 4.28. The molecule has 0 aliphatic rings. The van der Waals surface area contributed by atoms with Gasteiger partial charge in [-0.3, -0.25) is 0 Å². The van der Waals surface area contributed by atoms with Crippen LogP contribution in [0.3, 0.4) is 0 Å². The molecule has 0 saturated heterocycles. The first kappa shape index (κ1) is 13.3. The summed E-state index contributed by atoms with van der Waals surface area (Å²) in [5, 5.41) is 0. The lowest BCUT2D eigenvalue weighted by molar-refractivity contribution is 0.0509. The van der Waals surface area contributed by atoms with Crippen molar-refractivity contribution in [3.8, 4) is 0 Å². The Morgan fingerprint density at radius 1 is 1.29 bits per heavy atom. The highest BCUT2D eigenvalue weighted by Gasteiger charge is 2.06. The van der Waals surface area contributed by atoms with Gasteiger partial charge in [0.2, 0.25) is 0 Å². The fraction of sp³-hybridized carbons (Fsp3) is 0.357. The van der Waals surface area contributed by atoms with Crippen LogP contribution in [0.2, 0.25) is 0 Å². The van der Waals surface area contributed by atoms with E-state index in [0.717, 1.165) is 11.3 Å². The van der Waals surface area contributed by atoms with Crippen LogP contribution in [-0.2, 0) is 4.74 Å². The quantitative estimate of drug-likeness (QED) is 0.578. The highest BCUT2D eigenvalue weighted by atomic mass is 16.5. The van der Waals surface area contributed by atoms with Gasteiger partial charge in [0.05, 0.1) is 12.2 Å². The van der Waals surface area contributed by atoms with Crippen molar-refractivity contribution in [3.05, 3.63) is 42.0 Å². The molecule has 92 valence electrons. The lowest BCUT2D eigenvalue weighted by Gasteiger charge is -2.12. The highest BCUT2D eigenvalue weighted by Crippen LogP contribution is 2.13. The van der Waals surface area contributed by atoms with Crippen LogP contribution < -0.4 is 4.90 Å². The molecule has 0 unspecified atom stereocenters. The Kier molecular flexibility index (Phi) is 4.76. The van der Waals surface area contributed by atoms with Crippen molar-refractivity contribution in [2.75, 3.05) is 25.6 Å². The van der Waals surface area contributed by atoms with Crippen molar-refractivity contribution in [1.82, 2.24) is 0 Å². The molecule has 0 saturated carbocycles. The van der Waals surface area contributed by atoms with Crippen molar-refractivity contribution < 1.29 is 9.53 Å². The largest absolute Gasteiger partial charge is 0.462 e. The normalized spacial score (nSPS) is 9.82. The minimum Gasteiger partial charge on any atom is -0.462 e. The molecule has 0 atom stereocenters. The minimum absolute atomic E-state index is 0.281. The predicted molar refractivity (Wildman–Crippen MR) is 70.5 cm³/mol. The lowest BCUT2D eigenvalue weighted by Crippen LogP contribution is -2.10. The van der Waals surface area contributed by atoms with E-state index in [0.29, 0.717) is 18.6 Å². The van der Waals surface area contributed by atoms with E-state index in [1.54, 1.807) is 12.1 Å². The van der Waals surface area contributed by atoms with Crippen molar-refractivity contribution in [2.45, 2.75) is 13.3 Å². The van der Waals surface area contributed by atoms with Crippen molar-refractivity contribution in [2.24, 2.45) is 0 Å². The molecule has 0 heterocycles. The average molecular weight is 233 g/mol. The Bertz CT molecular complexity index is 393. The number of hydrogen-bond donors (Lipinski definition) is 0. The summed E-state index contributed by atoms with van der Waals surface area (Å²) >= 11 is 0. The van der Waals surface area contributed by atoms with E-state index in [-0.39, 0.29) is 5.97 Å². The molecule has 0 radical (unpaired) electrons. The van der Waals surface area contributed by atoms with Gasteiger partial charge in [0.25, 0.3) is 0 Å². The predicted octanol–water partition coefficient (Wildman–Crippen LogP) is 2.88. The van der Waals surface area contributed by atoms with Gasteiger partial charge in [0.1, 0.15) is 0 Å². The molecule has 3 heteroatoms. The summed E-state index contributed by atoms with van der Waals surface area (Å²) in [5.74, 6) is -0.281. The molecule has 0 N–H and O–H groups in total. The molecule has 0 aliphatic carbocycles. The first-order valence-corrected chi connectivity index (χ1v) is 5.59. The molecule has 0 aromatic heterocycles. The van der Waals surface area contributed by atoms with Crippen LogP contribution in [-0.4, -0.2) is 26.7 Å². The summed E-state index contributed by atoms with van der Waals surface area (Å²) in [6.45, 7) is 6.07. The van der Waals surface area contributed by atoms with Crippen LogP contribution in [0.4, 0.5) is 5.69 Å². The fourth-order valence-electron chi connectivity index (χ4n) is 1.30. The molecule has 17 heavy (non-hydrogen) atoms. The first-order valence-electron chi connectivity index (χ1n) is 5.59. The van der Waals surface area contributed by atoms with Gasteiger partial charge in [-0.1, -0.05) is 5.57 Å². The van der Waals surface area contributed by atoms with Crippen LogP contribution in [0, 0.1) is 0 Å². The van der Waals surface area contributed by atoms with Gasteiger partial charge >= 0.3 is 5.97 Å². The number of benzene rings is 1. The summed E-state index contributed by atoms with van der Waals surface area (Å²) in [4.78, 5) is 13.6. The average Bonchev–Trinajstić information content (AvgIpc) is 2.28. The number of nitrogens with zero attached hydrogens (tertiary/aromatic N) is 1. The second-order valence-electron chi connectivity index (χ2n) is 4.28. The van der Waals surface area contributed by atoms with Crippen molar-refractivity contribution in [1.29, 1.82) is 0 Å². The van der Waals surface area contributed by atoms with E-state index in [1.165, 1.54) is 0 Å². The summed E-state index contributed by atoms with van der Waals surface area (Å²) < 4.78 is 5.13. The van der Waals surface area contributed by atoms with E-state index in [1.807, 2.05) is 38.1 Å². The first-order chi connectivity index (χ1) is 8.00. The van der Waals surface area contributed by atoms with Crippen molar-refractivity contribution in [3.63, 3.8) is 0 Å². The van der Waals surface area contributed by atoms with Gasteiger partial charge in [-0.25, -0.2) is 4.79 Å². The summed E-state index contributed by atoms with van der Waals surface area (Å²) in [6.07, 6.45) is 0.710. The molecule has 1 rings (SSSR count). The van der Waals surface area contributed by atoms with E-state index in [4.69, 9.17) is 4.74 Å². The zero-order valence-corrected chi connectivity index (χ0v) is 10.7. The lowest BCUT2D eigenvalue weighted by atomic mass is 10.2. The smallest absolute Gasteiger partial charge is 0.338 e. The van der Waals surface area contributed by atoms with E-state index < -0.39 is 0 Å². The molecule has 0 amide bonds. The number of hydrogen-bond acceptors (Lipinski definition) is 3. The molecule has 0 spiro atoms. The number of esters is 1. The van der Waals surface area contributed by atoms with Gasteiger partial charge in [-0.2, -0.15) is 0 Å². The zero-order valence-electron chi connectivity index (χ0n) is 10.7. The highest BCUT2D eigenvalue weighted by molar-refractivity contribution is 5.89. The third kappa shape index (κ3) is 4.31. The SMILES string of the molecule is C=C(C)CCOC(=O)c1ccc(N(C)C)cc1. The maximum Gasteiger partial charge on any atom is 0.338 e. The maximum atomic E-state index is 11.6. The Morgan fingerprint density at radius 2 is 1.88 bits per heavy atom. The van der Waals surface area contributed by atoms with Crippen molar-refractivity contribution >= 4 is 11.7 Å². The number of carbonyl (C=O) groups is 1. The summed E-state index contributed by atoms with van der Waals surface area (Å²) in [7, 11) is 3.92. The third-order valence-electron chi connectivity index (χ3n) is 2.38. The van der Waals surface area contributed by atoms with Gasteiger partial charge < -0.3 is 9.64 Å². The van der Waals surface area contributed by atoms with Crippen LogP contribution >= 0.6 is 0 Å². The Hall–Kier alpha value is -1.77. The topological polar surface area (TPSA) is 29.5 Å². The minimum atomic E-state index is -0.281. The number of ether oxygens (including phenoxy) is 1. The van der Waals surface area contributed by atoms with Crippen LogP contribution in [0.5, 0.6) is 0 Å². The Labute approximate surface area is 103 Å². The van der Waals surface area contributed by atoms with Gasteiger partial charge in [-0.05, 0) is 31.2 Å². The molecular weight excluding hydrogens is 214 g/mol. The third-order valence-corrected chi connectivity index (χ3v) is 2.38. The molecular formula is C14H19NO2. The Morgan fingerprint density at radius 3 is 2.35 bits per heavy atom. The molecule has 1 aromatic carbocycles. The standard InChI is InChI=1S/C14H19NO2/c1-11(2)9-10-17-14(16)12-5-7-13(8-6-12)15(3)4/h5-8H,1,9-10H2,2-4H3. The summed E-state index contributed by atoms with van der Waals surface area (Å²) in [5.41, 5.74) is 2.65. The molecule has 3 nitrogen and oxygen atoms in total. The molecule has 1 aromatic rings. The van der Waals surface area contributed by atoms with Crippen LogP contribution in [0.25, 0.3) is 0 Å². The number of carbonyl (C=O) groups excluding carboxylic acids is 1. The monoisotopic (exact) mass is 233 g/mol. The van der Waals surface area contributed by atoms with E-state index >= 15 is 0 Å². The molecule has 0 fully saturated rings. The van der Waals surface area contributed by atoms with Crippen LogP contribution in [0.15, 0.2) is 36.4 Å². The van der Waals surface area contributed by atoms with Gasteiger partial charge in [0.15, 0.2) is 0 Å².